The second kappa shape index (κ2) is 8.53. The summed E-state index contributed by atoms with van der Waals surface area (Å²) in [6.45, 7) is 1.53. The average molecular weight is 511 g/mol. The molecular weight excluding hydrogens is 485 g/mol. The van der Waals surface area contributed by atoms with Crippen LogP contribution in [0.5, 0.6) is 5.75 Å². The third-order valence-electron chi connectivity index (χ3n) is 6.95. The van der Waals surface area contributed by atoms with Gasteiger partial charge >= 0.3 is 12.4 Å². The first kappa shape index (κ1) is 23.4. The Morgan fingerprint density at radius 1 is 1.16 bits per heavy atom. The number of aryl methyl sites for hydroxylation is 1. The number of ether oxygens (including phenoxy) is 1. The van der Waals surface area contributed by atoms with E-state index >= 15 is 0 Å². The van der Waals surface area contributed by atoms with E-state index in [1.165, 1.54) is 6.07 Å². The molecule has 1 aliphatic heterocycles. The van der Waals surface area contributed by atoms with E-state index in [9.17, 15) is 18.0 Å². The Balaban J connectivity index is 1.54. The lowest BCUT2D eigenvalue weighted by atomic mass is 9.99. The standard InChI is InChI=1S/C26H25F3N6O2/c1-30-25(36)34-9-10-35-21(14-34)23(32-24(35)15-3-4-15)17-5-7-31-20-11-18(16-6-8-33(2)13-16)22(12-19(17)20)37-26(27,28)29/h5-8,11-13,15H,3-4,9-10,14H2,1-2H3,(H,30,36). The van der Waals surface area contributed by atoms with Gasteiger partial charge in [-0.15, -0.1) is 13.2 Å². The molecular formula is C26H25F3N6O2. The molecule has 0 radical (unpaired) electrons. The summed E-state index contributed by atoms with van der Waals surface area (Å²) in [5.74, 6) is 1.03. The minimum absolute atomic E-state index is 0.181. The Hall–Kier alpha value is -4.02. The van der Waals surface area contributed by atoms with Crippen molar-refractivity contribution >= 4 is 16.9 Å². The molecule has 3 aromatic heterocycles. The minimum atomic E-state index is -4.86. The molecule has 0 bridgehead atoms. The minimum Gasteiger partial charge on any atom is -0.405 e. The van der Waals surface area contributed by atoms with Gasteiger partial charge in [0.15, 0.2) is 0 Å². The van der Waals surface area contributed by atoms with Crippen LogP contribution in [-0.4, -0.2) is 50.0 Å². The van der Waals surface area contributed by atoms with Crippen LogP contribution in [0.25, 0.3) is 33.3 Å². The number of amides is 2. The molecule has 2 aliphatic rings. The molecule has 0 unspecified atom stereocenters. The van der Waals surface area contributed by atoms with Crippen LogP contribution in [0, 0.1) is 0 Å². The number of urea groups is 1. The van der Waals surface area contributed by atoms with Gasteiger partial charge in [-0.25, -0.2) is 9.78 Å². The number of carbonyl (C=O) groups is 1. The summed E-state index contributed by atoms with van der Waals surface area (Å²) in [6.07, 6.45) is 2.37. The summed E-state index contributed by atoms with van der Waals surface area (Å²) in [6, 6.07) is 6.33. The number of aromatic nitrogens is 4. The Kier molecular flexibility index (Phi) is 5.39. The lowest BCUT2D eigenvalue weighted by Crippen LogP contribution is -2.43. The van der Waals surface area contributed by atoms with Crippen LogP contribution in [0.3, 0.4) is 0 Å². The molecule has 0 atom stereocenters. The predicted molar refractivity (Wildman–Crippen MR) is 131 cm³/mol. The van der Waals surface area contributed by atoms with Crippen LogP contribution in [0.2, 0.25) is 0 Å². The first-order valence-electron chi connectivity index (χ1n) is 12.1. The summed E-state index contributed by atoms with van der Waals surface area (Å²) >= 11 is 0. The lowest BCUT2D eigenvalue weighted by molar-refractivity contribution is -0.274. The van der Waals surface area contributed by atoms with Crippen molar-refractivity contribution in [2.45, 2.75) is 38.2 Å². The first-order chi connectivity index (χ1) is 17.7. The SMILES string of the molecule is CNC(=O)N1CCn2c(C3CC3)nc(-c3ccnc4cc(-c5ccn(C)c5)c(OC(F)(F)F)cc34)c2C1. The van der Waals surface area contributed by atoms with Crippen molar-refractivity contribution < 1.29 is 22.7 Å². The largest absolute Gasteiger partial charge is 0.573 e. The van der Waals surface area contributed by atoms with Crippen molar-refractivity contribution in [3.05, 3.63) is 54.4 Å². The maximum absolute atomic E-state index is 13.4. The van der Waals surface area contributed by atoms with Gasteiger partial charge in [-0.2, -0.15) is 0 Å². The van der Waals surface area contributed by atoms with Crippen LogP contribution < -0.4 is 10.1 Å². The molecule has 11 heteroatoms. The van der Waals surface area contributed by atoms with Crippen molar-refractivity contribution in [1.82, 2.24) is 29.3 Å². The fourth-order valence-electron chi connectivity index (χ4n) is 5.07. The van der Waals surface area contributed by atoms with Gasteiger partial charge in [0, 0.05) is 73.8 Å². The van der Waals surface area contributed by atoms with Crippen LogP contribution in [0.15, 0.2) is 42.9 Å². The van der Waals surface area contributed by atoms with E-state index in [-0.39, 0.29) is 11.8 Å². The second-order valence-electron chi connectivity index (χ2n) is 9.51. The normalized spacial score (nSPS) is 15.6. The monoisotopic (exact) mass is 510 g/mol. The zero-order chi connectivity index (χ0) is 25.9. The summed E-state index contributed by atoms with van der Waals surface area (Å²) in [4.78, 5) is 23.6. The molecule has 4 heterocycles. The number of nitrogens with zero attached hydrogens (tertiary/aromatic N) is 5. The predicted octanol–water partition coefficient (Wildman–Crippen LogP) is 5.03. The van der Waals surface area contributed by atoms with Crippen molar-refractivity contribution in [1.29, 1.82) is 0 Å². The van der Waals surface area contributed by atoms with E-state index in [1.54, 1.807) is 60.4 Å². The summed E-state index contributed by atoms with van der Waals surface area (Å²) in [5, 5.41) is 3.17. The van der Waals surface area contributed by atoms with Crippen LogP contribution in [-0.2, 0) is 20.1 Å². The van der Waals surface area contributed by atoms with E-state index in [2.05, 4.69) is 19.6 Å². The molecule has 1 aromatic carbocycles. The third kappa shape index (κ3) is 4.28. The number of imidazole rings is 1. The number of pyridine rings is 1. The molecule has 192 valence electrons. The summed E-state index contributed by atoms with van der Waals surface area (Å²) in [5.41, 5.74) is 3.60. The van der Waals surface area contributed by atoms with Crippen molar-refractivity contribution in [3.63, 3.8) is 0 Å². The van der Waals surface area contributed by atoms with Gasteiger partial charge in [0.2, 0.25) is 0 Å². The third-order valence-corrected chi connectivity index (χ3v) is 6.95. The highest BCUT2D eigenvalue weighted by Gasteiger charge is 2.36. The van der Waals surface area contributed by atoms with E-state index < -0.39 is 6.36 Å². The highest BCUT2D eigenvalue weighted by Crippen LogP contribution is 2.44. The molecule has 1 saturated carbocycles. The molecule has 0 spiro atoms. The van der Waals surface area contributed by atoms with Gasteiger partial charge in [0.05, 0.1) is 23.4 Å². The number of rotatable bonds is 4. The maximum atomic E-state index is 13.4. The summed E-state index contributed by atoms with van der Waals surface area (Å²) in [7, 11) is 3.39. The zero-order valence-corrected chi connectivity index (χ0v) is 20.3. The number of halogens is 3. The topological polar surface area (TPSA) is 77.2 Å². The molecule has 0 saturated heterocycles. The summed E-state index contributed by atoms with van der Waals surface area (Å²) < 4.78 is 48.8. The second-order valence-corrected chi connectivity index (χ2v) is 9.51. The average Bonchev–Trinajstić information content (AvgIpc) is 3.51. The van der Waals surface area contributed by atoms with E-state index in [0.29, 0.717) is 58.8 Å². The number of carbonyl (C=O) groups excluding carboxylic acids is 1. The molecule has 1 aliphatic carbocycles. The molecule has 4 aromatic rings. The lowest BCUT2D eigenvalue weighted by Gasteiger charge is -2.29. The number of alkyl halides is 3. The number of benzene rings is 1. The van der Waals surface area contributed by atoms with Crippen molar-refractivity contribution in [2.24, 2.45) is 7.05 Å². The number of hydrogen-bond acceptors (Lipinski definition) is 4. The van der Waals surface area contributed by atoms with Gasteiger partial charge in [-0.05, 0) is 37.1 Å². The van der Waals surface area contributed by atoms with Gasteiger partial charge in [-0.3, -0.25) is 4.98 Å². The highest BCUT2D eigenvalue weighted by molar-refractivity contribution is 5.98. The van der Waals surface area contributed by atoms with E-state index in [0.717, 1.165) is 24.4 Å². The molecule has 2 amide bonds. The van der Waals surface area contributed by atoms with E-state index in [4.69, 9.17) is 4.98 Å². The number of hydrogen-bond donors (Lipinski definition) is 1. The van der Waals surface area contributed by atoms with E-state index in [1.807, 2.05) is 0 Å². The highest BCUT2D eigenvalue weighted by atomic mass is 19.4. The fraction of sp³-hybridized carbons (Fsp3) is 0.346. The smallest absolute Gasteiger partial charge is 0.405 e. The Morgan fingerprint density at radius 2 is 1.97 bits per heavy atom. The fourth-order valence-corrected chi connectivity index (χ4v) is 5.07. The Bertz CT molecular complexity index is 1520. The van der Waals surface area contributed by atoms with Gasteiger partial charge in [0.25, 0.3) is 0 Å². The Morgan fingerprint density at radius 3 is 2.65 bits per heavy atom. The van der Waals surface area contributed by atoms with Gasteiger partial charge in [-0.1, -0.05) is 0 Å². The maximum Gasteiger partial charge on any atom is 0.573 e. The zero-order valence-electron chi connectivity index (χ0n) is 20.3. The van der Waals surface area contributed by atoms with Crippen LogP contribution in [0.1, 0.15) is 30.3 Å². The molecule has 37 heavy (non-hydrogen) atoms. The van der Waals surface area contributed by atoms with Crippen LogP contribution in [0.4, 0.5) is 18.0 Å². The van der Waals surface area contributed by atoms with Crippen molar-refractivity contribution in [3.8, 4) is 28.1 Å². The molecule has 1 fully saturated rings. The molecule has 8 nitrogen and oxygen atoms in total. The number of nitrogens with one attached hydrogen (secondary N) is 1. The first-order valence-corrected chi connectivity index (χ1v) is 12.1. The Labute approximate surface area is 210 Å². The molecule has 6 rings (SSSR count). The van der Waals surface area contributed by atoms with Gasteiger partial charge < -0.3 is 24.1 Å². The van der Waals surface area contributed by atoms with Crippen molar-refractivity contribution in [2.75, 3.05) is 13.6 Å². The quantitative estimate of drug-likeness (QED) is 0.418. The van der Waals surface area contributed by atoms with Crippen LogP contribution >= 0.6 is 0 Å². The number of fused-ring (bicyclic) bond motifs is 2. The molecule has 1 N–H and O–H groups in total. The van der Waals surface area contributed by atoms with Gasteiger partial charge in [0.1, 0.15) is 11.6 Å².